The summed E-state index contributed by atoms with van der Waals surface area (Å²) in [6.07, 6.45) is 0. The van der Waals surface area contributed by atoms with Crippen LogP contribution < -0.4 is 15.7 Å². The number of halogens is 2. The normalized spacial score (nSPS) is 10.7. The lowest BCUT2D eigenvalue weighted by molar-refractivity contribution is -0.118. The van der Waals surface area contributed by atoms with Crippen molar-refractivity contribution in [3.8, 4) is 16.9 Å². The second-order valence-electron chi connectivity index (χ2n) is 6.47. The first-order valence-electron chi connectivity index (χ1n) is 9.00. The largest absolute Gasteiger partial charge is 0.484 e. The molecule has 1 amide bonds. The van der Waals surface area contributed by atoms with Gasteiger partial charge < -0.3 is 14.5 Å². The number of hydrogen-bond acceptors (Lipinski definition) is 4. The molecule has 1 heterocycles. The maximum absolute atomic E-state index is 13.2. The van der Waals surface area contributed by atoms with Gasteiger partial charge in [-0.1, -0.05) is 30.3 Å². The molecule has 0 saturated carbocycles. The highest BCUT2D eigenvalue weighted by Crippen LogP contribution is 2.29. The van der Waals surface area contributed by atoms with Gasteiger partial charge in [-0.25, -0.2) is 13.6 Å². The highest BCUT2D eigenvalue weighted by molar-refractivity contribution is 5.94. The molecule has 30 heavy (non-hydrogen) atoms. The molecule has 0 saturated heterocycles. The van der Waals surface area contributed by atoms with Gasteiger partial charge in [0, 0.05) is 29.3 Å². The third-order valence-corrected chi connectivity index (χ3v) is 4.37. The summed E-state index contributed by atoms with van der Waals surface area (Å²) in [6.45, 7) is -0.368. The van der Waals surface area contributed by atoms with Gasteiger partial charge in [-0.15, -0.1) is 0 Å². The molecular formula is C23H15F2NO4. The number of amides is 1. The van der Waals surface area contributed by atoms with Crippen molar-refractivity contribution in [3.63, 3.8) is 0 Å². The lowest BCUT2D eigenvalue weighted by Gasteiger charge is -2.10. The Balaban J connectivity index is 1.52. The fourth-order valence-corrected chi connectivity index (χ4v) is 3.01. The predicted molar refractivity (Wildman–Crippen MR) is 108 cm³/mol. The van der Waals surface area contributed by atoms with E-state index in [-0.39, 0.29) is 12.3 Å². The molecule has 0 aliphatic heterocycles. The first kappa shape index (κ1) is 19.3. The van der Waals surface area contributed by atoms with Gasteiger partial charge in [0.15, 0.2) is 18.2 Å². The molecule has 0 bridgehead atoms. The van der Waals surface area contributed by atoms with Crippen molar-refractivity contribution >= 4 is 22.6 Å². The van der Waals surface area contributed by atoms with Gasteiger partial charge in [0.05, 0.1) is 0 Å². The zero-order valence-corrected chi connectivity index (χ0v) is 15.5. The summed E-state index contributed by atoms with van der Waals surface area (Å²) >= 11 is 0. The standard InChI is InChI=1S/C23H15F2NO4/c24-19-9-6-15(10-20(19)25)26-22(27)13-29-16-7-8-17-18(14-4-2-1-3-5-14)12-23(28)30-21(17)11-16/h1-12H,13H2,(H,26,27). The van der Waals surface area contributed by atoms with Crippen molar-refractivity contribution in [2.24, 2.45) is 0 Å². The van der Waals surface area contributed by atoms with Gasteiger partial charge in [-0.2, -0.15) is 0 Å². The van der Waals surface area contributed by atoms with Crippen molar-refractivity contribution in [2.75, 3.05) is 11.9 Å². The third-order valence-electron chi connectivity index (χ3n) is 4.37. The predicted octanol–water partition coefficient (Wildman–Crippen LogP) is 4.76. The number of carbonyl (C=O) groups is 1. The smallest absolute Gasteiger partial charge is 0.336 e. The minimum absolute atomic E-state index is 0.111. The van der Waals surface area contributed by atoms with E-state index >= 15 is 0 Å². The van der Waals surface area contributed by atoms with E-state index in [4.69, 9.17) is 9.15 Å². The summed E-state index contributed by atoms with van der Waals surface area (Å²) in [7, 11) is 0. The first-order chi connectivity index (χ1) is 14.5. The molecule has 0 spiro atoms. The molecule has 4 rings (SSSR count). The van der Waals surface area contributed by atoms with Gasteiger partial charge in [0.25, 0.3) is 5.91 Å². The lowest BCUT2D eigenvalue weighted by atomic mass is 10.0. The highest BCUT2D eigenvalue weighted by atomic mass is 19.2. The van der Waals surface area contributed by atoms with Crippen LogP contribution in [0.15, 0.2) is 82.0 Å². The van der Waals surface area contributed by atoms with E-state index in [9.17, 15) is 18.4 Å². The quantitative estimate of drug-likeness (QED) is 0.485. The van der Waals surface area contributed by atoms with Crippen molar-refractivity contribution < 1.29 is 22.7 Å². The molecule has 1 aromatic heterocycles. The average Bonchev–Trinajstić information content (AvgIpc) is 2.74. The Morgan fingerprint density at radius 2 is 1.73 bits per heavy atom. The Hall–Kier alpha value is -4.00. The Kier molecular flexibility index (Phi) is 5.26. The van der Waals surface area contributed by atoms with Crippen LogP contribution in [0, 0.1) is 11.6 Å². The molecular weight excluding hydrogens is 392 g/mol. The topological polar surface area (TPSA) is 68.5 Å². The van der Waals surface area contributed by atoms with Crippen LogP contribution >= 0.6 is 0 Å². The average molecular weight is 407 g/mol. The van der Waals surface area contributed by atoms with Gasteiger partial charge in [-0.3, -0.25) is 4.79 Å². The number of benzene rings is 3. The number of rotatable bonds is 5. The van der Waals surface area contributed by atoms with E-state index in [1.165, 1.54) is 18.2 Å². The van der Waals surface area contributed by atoms with Crippen LogP contribution in [-0.4, -0.2) is 12.5 Å². The van der Waals surface area contributed by atoms with Gasteiger partial charge >= 0.3 is 5.63 Å². The molecule has 5 nitrogen and oxygen atoms in total. The van der Waals surface area contributed by atoms with Gasteiger partial charge in [0.2, 0.25) is 0 Å². The zero-order chi connectivity index (χ0) is 21.1. The first-order valence-corrected chi connectivity index (χ1v) is 9.00. The second kappa shape index (κ2) is 8.16. The summed E-state index contributed by atoms with van der Waals surface area (Å²) in [6, 6.07) is 18.8. The molecule has 0 fully saturated rings. The van der Waals surface area contributed by atoms with Gasteiger partial charge in [-0.05, 0) is 35.4 Å². The molecule has 0 radical (unpaired) electrons. The van der Waals surface area contributed by atoms with Crippen LogP contribution in [0.1, 0.15) is 0 Å². The van der Waals surface area contributed by atoms with Gasteiger partial charge in [0.1, 0.15) is 11.3 Å². The number of ether oxygens (including phenoxy) is 1. The maximum atomic E-state index is 13.2. The molecule has 7 heteroatoms. The van der Waals surface area contributed by atoms with E-state index in [2.05, 4.69) is 5.32 Å². The van der Waals surface area contributed by atoms with Crippen LogP contribution in [0.4, 0.5) is 14.5 Å². The van der Waals surface area contributed by atoms with Crippen LogP contribution in [0.25, 0.3) is 22.1 Å². The second-order valence-corrected chi connectivity index (χ2v) is 6.47. The lowest BCUT2D eigenvalue weighted by Crippen LogP contribution is -2.20. The molecule has 0 unspecified atom stereocenters. The summed E-state index contributed by atoms with van der Waals surface area (Å²) in [4.78, 5) is 24.0. The Labute approximate surface area is 169 Å². The number of anilines is 1. The van der Waals surface area contributed by atoms with E-state index in [1.807, 2.05) is 30.3 Å². The SMILES string of the molecule is O=C(COc1ccc2c(-c3ccccc3)cc(=O)oc2c1)Nc1ccc(F)c(F)c1. The Morgan fingerprint density at radius 3 is 2.50 bits per heavy atom. The fourth-order valence-electron chi connectivity index (χ4n) is 3.01. The minimum atomic E-state index is -1.06. The van der Waals surface area contributed by atoms with Crippen LogP contribution in [0.3, 0.4) is 0 Å². The van der Waals surface area contributed by atoms with Crippen molar-refractivity contribution in [1.82, 2.24) is 0 Å². The number of carbonyl (C=O) groups excluding carboxylic acids is 1. The van der Waals surface area contributed by atoms with E-state index < -0.39 is 23.2 Å². The molecule has 0 aliphatic rings. The molecule has 3 aromatic carbocycles. The third kappa shape index (κ3) is 4.20. The molecule has 4 aromatic rings. The molecule has 150 valence electrons. The number of nitrogens with one attached hydrogen (secondary N) is 1. The zero-order valence-electron chi connectivity index (χ0n) is 15.5. The van der Waals surface area contributed by atoms with Crippen molar-refractivity contribution in [3.05, 3.63) is 94.9 Å². The fraction of sp³-hybridized carbons (Fsp3) is 0.0435. The Morgan fingerprint density at radius 1 is 0.933 bits per heavy atom. The van der Waals surface area contributed by atoms with Crippen molar-refractivity contribution in [2.45, 2.75) is 0 Å². The minimum Gasteiger partial charge on any atom is -0.484 e. The van der Waals surface area contributed by atoms with Crippen molar-refractivity contribution in [1.29, 1.82) is 0 Å². The number of fused-ring (bicyclic) bond motifs is 1. The summed E-state index contributed by atoms with van der Waals surface area (Å²) < 4.78 is 36.9. The number of hydrogen-bond donors (Lipinski definition) is 1. The van der Waals surface area contributed by atoms with Crippen LogP contribution in [-0.2, 0) is 4.79 Å². The maximum Gasteiger partial charge on any atom is 0.336 e. The van der Waals surface area contributed by atoms with Crippen LogP contribution in [0.2, 0.25) is 0 Å². The van der Waals surface area contributed by atoms with Crippen LogP contribution in [0.5, 0.6) is 5.75 Å². The molecule has 0 aliphatic carbocycles. The van der Waals surface area contributed by atoms with E-state index in [1.54, 1.807) is 12.1 Å². The van der Waals surface area contributed by atoms with E-state index in [0.717, 1.165) is 28.6 Å². The highest BCUT2D eigenvalue weighted by Gasteiger charge is 2.11. The summed E-state index contributed by atoms with van der Waals surface area (Å²) in [5.74, 6) is -2.30. The Bertz CT molecular complexity index is 1290. The monoisotopic (exact) mass is 407 g/mol. The van der Waals surface area contributed by atoms with E-state index in [0.29, 0.717) is 11.3 Å². The molecule has 1 N–H and O–H groups in total. The molecule has 0 atom stereocenters. The summed E-state index contributed by atoms with van der Waals surface area (Å²) in [5, 5.41) is 3.13. The summed E-state index contributed by atoms with van der Waals surface area (Å²) in [5.41, 5.74) is 1.52.